The van der Waals surface area contributed by atoms with Crippen LogP contribution in [0, 0.1) is 0 Å². The molecule has 7 nitrogen and oxygen atoms in total. The average Bonchev–Trinajstić information content (AvgIpc) is 3.45. The van der Waals surface area contributed by atoms with E-state index in [4.69, 9.17) is 0 Å². The molecule has 29 heavy (non-hydrogen) atoms. The summed E-state index contributed by atoms with van der Waals surface area (Å²) in [7, 11) is -3.45. The van der Waals surface area contributed by atoms with E-state index in [1.807, 2.05) is 22.9 Å². The maximum Gasteiger partial charge on any atom is 0.221 e. The molecule has 1 N–H and O–H groups in total. The highest BCUT2D eigenvalue weighted by Gasteiger charge is 2.16. The van der Waals surface area contributed by atoms with Gasteiger partial charge in [0.1, 0.15) is 0 Å². The van der Waals surface area contributed by atoms with Gasteiger partial charge in [0.15, 0.2) is 15.7 Å². The molecule has 0 spiro atoms. The minimum Gasteiger partial charge on any atom is -0.356 e. The van der Waals surface area contributed by atoms with Gasteiger partial charge in [-0.15, -0.1) is 27.8 Å². The first kappa shape index (κ1) is 19.7. The van der Waals surface area contributed by atoms with Gasteiger partial charge in [0.05, 0.1) is 21.2 Å². The van der Waals surface area contributed by atoms with Gasteiger partial charge in [-0.25, -0.2) is 12.9 Å². The normalized spacial score (nSPS) is 11.7. The van der Waals surface area contributed by atoms with Crippen molar-refractivity contribution in [3.63, 3.8) is 0 Å². The topological polar surface area (TPSA) is 93.4 Å². The van der Waals surface area contributed by atoms with Crippen molar-refractivity contribution in [2.75, 3.05) is 12.3 Å². The Morgan fingerprint density at radius 2 is 1.93 bits per heavy atom. The van der Waals surface area contributed by atoms with Crippen molar-refractivity contribution >= 4 is 43.4 Å². The lowest BCUT2D eigenvalue weighted by molar-refractivity contribution is -0.120. The zero-order valence-electron chi connectivity index (χ0n) is 15.3. The first-order valence-electron chi connectivity index (χ1n) is 8.94. The second-order valence-electron chi connectivity index (χ2n) is 6.32. The number of carbonyl (C=O) groups excluding carboxylic acids is 1. The van der Waals surface area contributed by atoms with Crippen molar-refractivity contribution in [2.45, 2.75) is 17.7 Å². The second kappa shape index (κ2) is 8.44. The number of hydrogen-bond donors (Lipinski definition) is 1. The molecule has 0 aliphatic heterocycles. The summed E-state index contributed by atoms with van der Waals surface area (Å²) in [6, 6.07) is 12.1. The van der Waals surface area contributed by atoms with E-state index in [9.17, 15) is 13.2 Å². The van der Waals surface area contributed by atoms with Gasteiger partial charge in [0.25, 0.3) is 0 Å². The Kier molecular flexibility index (Phi) is 5.74. The van der Waals surface area contributed by atoms with Crippen LogP contribution in [0.4, 0.5) is 0 Å². The molecule has 1 aromatic carbocycles. The molecular formula is C19H18N4O3S3. The number of sulfone groups is 1. The molecule has 0 aliphatic rings. The number of thiazole rings is 1. The Labute approximate surface area is 176 Å². The number of rotatable bonds is 8. The predicted molar refractivity (Wildman–Crippen MR) is 114 cm³/mol. The quantitative estimate of drug-likeness (QED) is 0.449. The van der Waals surface area contributed by atoms with Crippen LogP contribution in [0.5, 0.6) is 0 Å². The van der Waals surface area contributed by atoms with E-state index in [0.29, 0.717) is 18.8 Å². The molecule has 4 aromatic rings. The highest BCUT2D eigenvalue weighted by Crippen LogP contribution is 2.24. The van der Waals surface area contributed by atoms with Gasteiger partial charge in [0, 0.05) is 24.8 Å². The Morgan fingerprint density at radius 3 is 2.69 bits per heavy atom. The minimum atomic E-state index is -3.45. The third kappa shape index (κ3) is 4.55. The molecule has 0 unspecified atom stereocenters. The average molecular weight is 447 g/mol. The van der Waals surface area contributed by atoms with E-state index < -0.39 is 9.84 Å². The van der Waals surface area contributed by atoms with Gasteiger partial charge in [-0.3, -0.25) is 4.79 Å². The third-order valence-corrected chi connectivity index (χ3v) is 7.76. The molecule has 3 heterocycles. The molecule has 0 saturated carbocycles. The fraction of sp³-hybridized carbons (Fsp3) is 0.211. The SMILES string of the molecule is O=C(CCS(=O)(=O)c1ccccc1)NCCc1csc2nc(-c3cccs3)nn12. The molecule has 0 fully saturated rings. The first-order chi connectivity index (χ1) is 14.0. The molecule has 10 heteroatoms. The van der Waals surface area contributed by atoms with Crippen molar-refractivity contribution in [3.05, 3.63) is 58.9 Å². The number of thiophene rings is 1. The number of carbonyl (C=O) groups is 1. The zero-order valence-corrected chi connectivity index (χ0v) is 17.8. The third-order valence-electron chi connectivity index (χ3n) is 4.29. The maximum atomic E-state index is 12.2. The molecule has 0 aliphatic carbocycles. The van der Waals surface area contributed by atoms with E-state index in [1.54, 1.807) is 34.1 Å². The van der Waals surface area contributed by atoms with Gasteiger partial charge in [-0.05, 0) is 23.6 Å². The van der Waals surface area contributed by atoms with Gasteiger partial charge < -0.3 is 5.32 Å². The molecule has 4 rings (SSSR count). The zero-order chi connectivity index (χ0) is 20.3. The molecule has 0 radical (unpaired) electrons. The van der Waals surface area contributed by atoms with Crippen LogP contribution in [-0.4, -0.2) is 41.2 Å². The van der Waals surface area contributed by atoms with Crippen molar-refractivity contribution < 1.29 is 13.2 Å². The fourth-order valence-corrected chi connectivity index (χ4v) is 5.57. The summed E-state index contributed by atoms with van der Waals surface area (Å²) in [6.45, 7) is 0.407. The first-order valence-corrected chi connectivity index (χ1v) is 12.4. The van der Waals surface area contributed by atoms with Crippen LogP contribution in [0.1, 0.15) is 12.1 Å². The van der Waals surface area contributed by atoms with Crippen LogP contribution >= 0.6 is 22.7 Å². The molecule has 150 valence electrons. The Bertz CT molecular complexity index is 1210. The van der Waals surface area contributed by atoms with Crippen molar-refractivity contribution in [1.29, 1.82) is 0 Å². The Balaban J connectivity index is 1.30. The number of nitrogens with zero attached hydrogens (tertiary/aromatic N) is 3. The molecule has 1 amide bonds. The summed E-state index contributed by atoms with van der Waals surface area (Å²) in [5, 5.41) is 11.3. The van der Waals surface area contributed by atoms with E-state index in [0.717, 1.165) is 15.5 Å². The molecule has 0 bridgehead atoms. The van der Waals surface area contributed by atoms with E-state index in [-0.39, 0.29) is 23.0 Å². The van der Waals surface area contributed by atoms with Gasteiger partial charge >= 0.3 is 0 Å². The number of benzene rings is 1. The van der Waals surface area contributed by atoms with Crippen LogP contribution < -0.4 is 5.32 Å². The summed E-state index contributed by atoms with van der Waals surface area (Å²) in [4.78, 5) is 18.7. The fourth-order valence-electron chi connectivity index (χ4n) is 2.80. The summed E-state index contributed by atoms with van der Waals surface area (Å²) in [6.07, 6.45) is 0.520. The summed E-state index contributed by atoms with van der Waals surface area (Å²) >= 11 is 3.09. The molecule has 0 saturated heterocycles. The number of fused-ring (bicyclic) bond motifs is 1. The van der Waals surface area contributed by atoms with Crippen molar-refractivity contribution in [3.8, 4) is 10.7 Å². The van der Waals surface area contributed by atoms with Crippen LogP contribution in [0.25, 0.3) is 15.7 Å². The number of nitrogens with one attached hydrogen (secondary N) is 1. The lowest BCUT2D eigenvalue weighted by atomic mass is 10.3. The van der Waals surface area contributed by atoms with Gasteiger partial charge in [-0.2, -0.15) is 4.98 Å². The summed E-state index contributed by atoms with van der Waals surface area (Å²) < 4.78 is 26.3. The van der Waals surface area contributed by atoms with Crippen LogP contribution in [-0.2, 0) is 21.1 Å². The minimum absolute atomic E-state index is 0.0673. The molecule has 0 atom stereocenters. The monoisotopic (exact) mass is 446 g/mol. The van der Waals surface area contributed by atoms with Gasteiger partial charge in [-0.1, -0.05) is 24.3 Å². The highest BCUT2D eigenvalue weighted by molar-refractivity contribution is 7.91. The molecule has 3 aromatic heterocycles. The lowest BCUT2D eigenvalue weighted by Gasteiger charge is -2.06. The standard InChI is InChI=1S/C19H18N4O3S3/c24-17(9-12-29(25,26)15-5-2-1-3-6-15)20-10-8-14-13-28-19-21-18(22-23(14)19)16-7-4-11-27-16/h1-7,11,13H,8-10,12H2,(H,20,24). The summed E-state index contributed by atoms with van der Waals surface area (Å²) in [5.74, 6) is 0.204. The Morgan fingerprint density at radius 1 is 1.10 bits per heavy atom. The van der Waals surface area contributed by atoms with Crippen LogP contribution in [0.2, 0.25) is 0 Å². The van der Waals surface area contributed by atoms with Crippen LogP contribution in [0.3, 0.4) is 0 Å². The van der Waals surface area contributed by atoms with E-state index >= 15 is 0 Å². The second-order valence-corrected chi connectivity index (χ2v) is 10.2. The maximum absolute atomic E-state index is 12.2. The highest BCUT2D eigenvalue weighted by atomic mass is 32.2. The number of amides is 1. The van der Waals surface area contributed by atoms with Gasteiger partial charge in [0.2, 0.25) is 10.9 Å². The largest absolute Gasteiger partial charge is 0.356 e. The molecular weight excluding hydrogens is 428 g/mol. The summed E-state index contributed by atoms with van der Waals surface area (Å²) in [5.41, 5.74) is 0.956. The van der Waals surface area contributed by atoms with E-state index in [2.05, 4.69) is 15.4 Å². The van der Waals surface area contributed by atoms with Crippen LogP contribution in [0.15, 0.2) is 58.1 Å². The number of aromatic nitrogens is 3. The smallest absolute Gasteiger partial charge is 0.221 e. The number of hydrogen-bond acceptors (Lipinski definition) is 7. The lowest BCUT2D eigenvalue weighted by Crippen LogP contribution is -2.27. The predicted octanol–water partition coefficient (Wildman–Crippen LogP) is 3.04. The van der Waals surface area contributed by atoms with Crippen molar-refractivity contribution in [2.24, 2.45) is 0 Å². The Hall–Kier alpha value is -2.56. The van der Waals surface area contributed by atoms with E-state index in [1.165, 1.54) is 23.5 Å². The van der Waals surface area contributed by atoms with Crippen molar-refractivity contribution in [1.82, 2.24) is 19.9 Å².